The van der Waals surface area contributed by atoms with E-state index >= 15 is 0 Å². The number of nitrogens with one attached hydrogen (secondary N) is 1. The Balaban J connectivity index is 1.50. The normalized spacial score (nSPS) is 11.3. The van der Waals surface area contributed by atoms with Crippen LogP contribution in [0.25, 0.3) is 43.8 Å². The van der Waals surface area contributed by atoms with Gasteiger partial charge in [0.25, 0.3) is 0 Å². The monoisotopic (exact) mass is 385 g/mol. The zero-order valence-corrected chi connectivity index (χ0v) is 16.3. The van der Waals surface area contributed by atoms with Crippen molar-refractivity contribution < 1.29 is 4.42 Å². The minimum atomic E-state index is 0.906. The molecule has 6 rings (SSSR count). The molecule has 2 nitrogen and oxygen atoms in total. The van der Waals surface area contributed by atoms with Crippen LogP contribution in [0.3, 0.4) is 0 Å². The summed E-state index contributed by atoms with van der Waals surface area (Å²) >= 11 is 0. The first-order valence-electron chi connectivity index (χ1n) is 10.1. The van der Waals surface area contributed by atoms with Crippen molar-refractivity contribution >= 4 is 44.1 Å². The minimum Gasteiger partial charge on any atom is -0.456 e. The average Bonchev–Trinajstić information content (AvgIpc) is 3.18. The topological polar surface area (TPSA) is 25.2 Å². The Hall–Kier alpha value is -4.04. The summed E-state index contributed by atoms with van der Waals surface area (Å²) in [5, 5.41) is 8.36. The van der Waals surface area contributed by atoms with Gasteiger partial charge >= 0.3 is 0 Å². The molecule has 0 bridgehead atoms. The van der Waals surface area contributed by atoms with E-state index in [4.69, 9.17) is 4.42 Å². The van der Waals surface area contributed by atoms with Crippen molar-refractivity contribution in [1.82, 2.24) is 0 Å². The molecule has 1 aromatic heterocycles. The van der Waals surface area contributed by atoms with Gasteiger partial charge in [-0.15, -0.1) is 0 Å². The smallest absolute Gasteiger partial charge is 0.136 e. The van der Waals surface area contributed by atoms with E-state index in [0.717, 1.165) is 27.9 Å². The number of hydrogen-bond donors (Lipinski definition) is 1. The number of para-hydroxylation sites is 1. The second kappa shape index (κ2) is 6.78. The van der Waals surface area contributed by atoms with Crippen molar-refractivity contribution in [2.45, 2.75) is 0 Å². The summed E-state index contributed by atoms with van der Waals surface area (Å²) in [4.78, 5) is 0. The fourth-order valence-corrected chi connectivity index (χ4v) is 4.24. The van der Waals surface area contributed by atoms with E-state index in [1.807, 2.05) is 6.07 Å². The Bertz CT molecular complexity index is 1510. The maximum absolute atomic E-state index is 6.13. The van der Waals surface area contributed by atoms with Gasteiger partial charge in [-0.2, -0.15) is 0 Å². The lowest BCUT2D eigenvalue weighted by atomic mass is 10.0. The Morgan fingerprint density at radius 3 is 2.27 bits per heavy atom. The van der Waals surface area contributed by atoms with Crippen LogP contribution in [0.5, 0.6) is 0 Å². The number of rotatable bonds is 3. The van der Waals surface area contributed by atoms with Crippen LogP contribution >= 0.6 is 0 Å². The van der Waals surface area contributed by atoms with Gasteiger partial charge in [-0.25, -0.2) is 0 Å². The molecule has 0 atom stereocenters. The lowest BCUT2D eigenvalue weighted by Gasteiger charge is -2.12. The molecule has 30 heavy (non-hydrogen) atoms. The summed E-state index contributed by atoms with van der Waals surface area (Å²) in [5.41, 5.74) is 6.33. The van der Waals surface area contributed by atoms with Gasteiger partial charge in [-0.3, -0.25) is 0 Å². The van der Waals surface area contributed by atoms with Gasteiger partial charge in [0, 0.05) is 27.7 Å². The summed E-state index contributed by atoms with van der Waals surface area (Å²) < 4.78 is 6.13. The fraction of sp³-hybridized carbons (Fsp3) is 0. The Morgan fingerprint density at radius 1 is 0.567 bits per heavy atom. The van der Waals surface area contributed by atoms with Crippen LogP contribution in [0.4, 0.5) is 11.4 Å². The quantitative estimate of drug-likeness (QED) is 0.332. The Morgan fingerprint density at radius 2 is 1.33 bits per heavy atom. The van der Waals surface area contributed by atoms with Crippen LogP contribution in [-0.2, 0) is 0 Å². The molecule has 0 aliphatic carbocycles. The van der Waals surface area contributed by atoms with Crippen molar-refractivity contribution in [2.75, 3.05) is 5.32 Å². The molecular formula is C28H19NO. The molecule has 142 valence electrons. The highest BCUT2D eigenvalue weighted by Crippen LogP contribution is 2.37. The first-order valence-corrected chi connectivity index (χ1v) is 10.1. The molecule has 0 saturated carbocycles. The van der Waals surface area contributed by atoms with Crippen molar-refractivity contribution in [3.8, 4) is 11.1 Å². The fourth-order valence-electron chi connectivity index (χ4n) is 4.24. The van der Waals surface area contributed by atoms with Crippen LogP contribution in [0, 0.1) is 0 Å². The predicted molar refractivity (Wildman–Crippen MR) is 126 cm³/mol. The van der Waals surface area contributed by atoms with Crippen molar-refractivity contribution in [2.24, 2.45) is 0 Å². The zero-order valence-electron chi connectivity index (χ0n) is 16.3. The number of anilines is 2. The number of furan rings is 1. The molecule has 6 aromatic rings. The number of hydrogen-bond acceptors (Lipinski definition) is 2. The third-order valence-electron chi connectivity index (χ3n) is 5.65. The first-order chi connectivity index (χ1) is 14.9. The molecule has 0 fully saturated rings. The number of fused-ring (bicyclic) bond motifs is 5. The molecule has 2 heteroatoms. The van der Waals surface area contributed by atoms with E-state index in [1.165, 1.54) is 27.3 Å². The van der Waals surface area contributed by atoms with Crippen LogP contribution < -0.4 is 5.32 Å². The predicted octanol–water partition coefficient (Wildman–Crippen LogP) is 8.15. The third-order valence-corrected chi connectivity index (χ3v) is 5.65. The van der Waals surface area contributed by atoms with Crippen LogP contribution in [0.15, 0.2) is 114 Å². The van der Waals surface area contributed by atoms with Crippen molar-refractivity contribution in [3.63, 3.8) is 0 Å². The molecule has 0 spiro atoms. The van der Waals surface area contributed by atoms with Gasteiger partial charge in [-0.05, 0) is 46.7 Å². The van der Waals surface area contributed by atoms with Gasteiger partial charge in [0.15, 0.2) is 0 Å². The molecule has 0 amide bonds. The van der Waals surface area contributed by atoms with Gasteiger partial charge in [0.05, 0.1) is 0 Å². The molecule has 1 heterocycles. The van der Waals surface area contributed by atoms with Crippen LogP contribution in [0.2, 0.25) is 0 Å². The zero-order chi connectivity index (χ0) is 19.9. The lowest BCUT2D eigenvalue weighted by Crippen LogP contribution is -1.93. The molecule has 0 unspecified atom stereocenters. The average molecular weight is 385 g/mol. The summed E-state index contributed by atoms with van der Waals surface area (Å²) in [6, 6.07) is 37.8. The highest BCUT2D eigenvalue weighted by atomic mass is 16.3. The van der Waals surface area contributed by atoms with Gasteiger partial charge < -0.3 is 9.73 Å². The maximum atomic E-state index is 6.13. The molecule has 0 saturated heterocycles. The Labute approximate surface area is 174 Å². The summed E-state index contributed by atoms with van der Waals surface area (Å²) in [6.07, 6.45) is 0. The lowest BCUT2D eigenvalue weighted by molar-refractivity contribution is 0.669. The second-order valence-corrected chi connectivity index (χ2v) is 7.51. The van der Waals surface area contributed by atoms with Gasteiger partial charge in [0.1, 0.15) is 11.2 Å². The molecule has 1 N–H and O–H groups in total. The first kappa shape index (κ1) is 16.9. The van der Waals surface area contributed by atoms with Crippen LogP contribution in [-0.4, -0.2) is 0 Å². The third kappa shape index (κ3) is 2.73. The van der Waals surface area contributed by atoms with Crippen molar-refractivity contribution in [1.29, 1.82) is 0 Å². The molecule has 0 radical (unpaired) electrons. The molecule has 0 aliphatic heterocycles. The van der Waals surface area contributed by atoms with Gasteiger partial charge in [0.2, 0.25) is 0 Å². The van der Waals surface area contributed by atoms with E-state index in [0.29, 0.717) is 0 Å². The SMILES string of the molecule is c1ccc(-c2ccccc2Nc2ccc3oc4ccc5ccccc5c4c3c2)cc1. The highest BCUT2D eigenvalue weighted by molar-refractivity contribution is 6.19. The van der Waals surface area contributed by atoms with Crippen molar-refractivity contribution in [3.05, 3.63) is 109 Å². The van der Waals surface area contributed by atoms with Gasteiger partial charge in [-0.1, -0.05) is 78.9 Å². The Kier molecular flexibility index (Phi) is 3.82. The summed E-state index contributed by atoms with van der Waals surface area (Å²) in [7, 11) is 0. The maximum Gasteiger partial charge on any atom is 0.136 e. The second-order valence-electron chi connectivity index (χ2n) is 7.51. The largest absolute Gasteiger partial charge is 0.456 e. The number of benzene rings is 5. The van der Waals surface area contributed by atoms with E-state index in [-0.39, 0.29) is 0 Å². The summed E-state index contributed by atoms with van der Waals surface area (Å²) in [6.45, 7) is 0. The van der Waals surface area contributed by atoms with E-state index in [2.05, 4.69) is 108 Å². The molecule has 5 aromatic carbocycles. The standard InChI is InChI=1S/C28H19NO/c1-2-8-19(9-3-1)22-11-6-7-13-25(22)29-21-15-17-26-24(18-21)28-23-12-5-4-10-20(23)14-16-27(28)30-26/h1-18,29H. The minimum absolute atomic E-state index is 0.906. The summed E-state index contributed by atoms with van der Waals surface area (Å²) in [5.74, 6) is 0. The molecular weight excluding hydrogens is 366 g/mol. The molecule has 0 aliphatic rings. The van der Waals surface area contributed by atoms with E-state index in [1.54, 1.807) is 0 Å². The van der Waals surface area contributed by atoms with Crippen LogP contribution in [0.1, 0.15) is 0 Å². The van der Waals surface area contributed by atoms with E-state index < -0.39 is 0 Å². The van der Waals surface area contributed by atoms with E-state index in [9.17, 15) is 0 Å². The highest BCUT2D eigenvalue weighted by Gasteiger charge is 2.12.